The van der Waals surface area contributed by atoms with Crippen LogP contribution in [0.25, 0.3) is 6.05 Å². The third-order valence-electron chi connectivity index (χ3n) is 1.36. The van der Waals surface area contributed by atoms with Gasteiger partial charge in [-0.1, -0.05) is 63.2 Å². The smallest absolute Gasteiger partial charge is 0.0626 e. The first-order valence-corrected chi connectivity index (χ1v) is 4.16. The molecule has 0 saturated heterocycles. The summed E-state index contributed by atoms with van der Waals surface area (Å²) in [6.45, 7) is 5.85. The van der Waals surface area contributed by atoms with Crippen molar-refractivity contribution < 1.29 is 2.74 Å². The molecule has 64 valence electrons. The van der Waals surface area contributed by atoms with Gasteiger partial charge in [-0.25, -0.2) is 0 Å². The van der Waals surface area contributed by atoms with E-state index >= 15 is 0 Å². The monoisotopic (exact) mass is 162 g/mol. The number of hydrogen-bond acceptors (Lipinski definition) is 0. The molecule has 0 aliphatic carbocycles. The van der Waals surface area contributed by atoms with Gasteiger partial charge in [-0.3, -0.25) is 0 Å². The van der Waals surface area contributed by atoms with Crippen molar-refractivity contribution in [3.8, 4) is 0 Å². The van der Waals surface area contributed by atoms with E-state index in [2.05, 4.69) is 0 Å². The number of allylic oxidation sites excluding steroid dienone is 1. The van der Waals surface area contributed by atoms with Gasteiger partial charge in [0.25, 0.3) is 0 Å². The van der Waals surface area contributed by atoms with Gasteiger partial charge < -0.3 is 0 Å². The lowest BCUT2D eigenvalue weighted by atomic mass is 9.95. The minimum Gasteiger partial charge on any atom is -0.0785 e. The van der Waals surface area contributed by atoms with Gasteiger partial charge in [0.1, 0.15) is 0 Å². The predicted octanol–water partition coefficient (Wildman–Crippen LogP) is 3.75. The van der Waals surface area contributed by atoms with Crippen molar-refractivity contribution in [3.05, 3.63) is 41.9 Å². The van der Waals surface area contributed by atoms with Crippen LogP contribution in [0.4, 0.5) is 0 Å². The van der Waals surface area contributed by atoms with Crippen LogP contribution >= 0.6 is 0 Å². The molecule has 0 nitrogen and oxygen atoms in total. The van der Waals surface area contributed by atoms with E-state index in [1.807, 2.05) is 51.1 Å². The van der Waals surface area contributed by atoms with Gasteiger partial charge in [-0.05, 0) is 11.0 Å². The van der Waals surface area contributed by atoms with E-state index in [0.29, 0.717) is 12.1 Å². The average molecular weight is 162 g/mol. The summed E-state index contributed by atoms with van der Waals surface area (Å²) in [6, 6.07) is 10.1. The fourth-order valence-electron chi connectivity index (χ4n) is 0.781. The Bertz CT molecular complexity index is 331. The van der Waals surface area contributed by atoms with Crippen molar-refractivity contribution in [2.75, 3.05) is 0 Å². The molecule has 0 aliphatic heterocycles. The summed E-state index contributed by atoms with van der Waals surface area (Å²) in [5.74, 6) is 0. The molecule has 0 aliphatic rings. The topological polar surface area (TPSA) is 0 Å². The Hall–Kier alpha value is -1.04. The molecule has 0 saturated carbocycles. The summed E-state index contributed by atoms with van der Waals surface area (Å²) in [6.07, 6.45) is 0. The Kier molecular flexibility index (Phi) is 1.93. The summed E-state index contributed by atoms with van der Waals surface area (Å²) in [7, 11) is 0. The molecule has 0 amide bonds. The third-order valence-corrected chi connectivity index (χ3v) is 1.36. The zero-order valence-electron chi connectivity index (χ0n) is 9.89. The normalized spacial score (nSPS) is 16.2. The molecule has 0 heterocycles. The first kappa shape index (κ1) is 6.47. The molecule has 0 N–H and O–H groups in total. The fourth-order valence-corrected chi connectivity index (χ4v) is 0.781. The number of hydrogen-bond donors (Lipinski definition) is 0. The number of benzene rings is 1. The highest BCUT2D eigenvalue weighted by molar-refractivity contribution is 5.49. The predicted molar refractivity (Wildman–Crippen MR) is 54.9 cm³/mol. The maximum atomic E-state index is 7.87. The van der Waals surface area contributed by atoms with Crippen molar-refractivity contribution in [1.29, 1.82) is 0 Å². The molecule has 1 aromatic carbocycles. The van der Waals surface area contributed by atoms with E-state index in [0.717, 1.165) is 5.56 Å². The zero-order valence-corrected chi connectivity index (χ0v) is 7.89. The second kappa shape index (κ2) is 3.57. The van der Waals surface area contributed by atoms with Crippen LogP contribution in [0, 0.1) is 5.41 Å². The molecule has 1 aromatic rings. The van der Waals surface area contributed by atoms with Crippen LogP contribution in [0.3, 0.4) is 0 Å². The van der Waals surface area contributed by atoms with Crippen LogP contribution in [0.5, 0.6) is 0 Å². The van der Waals surface area contributed by atoms with Crippen molar-refractivity contribution >= 4 is 6.05 Å². The lowest BCUT2D eigenvalue weighted by molar-refractivity contribution is 0.547. The van der Waals surface area contributed by atoms with Crippen molar-refractivity contribution in [3.63, 3.8) is 0 Å². The molecule has 0 atom stereocenters. The fraction of sp³-hybridized carbons (Fsp3) is 0.333. The highest BCUT2D eigenvalue weighted by atomic mass is 14.1. The first-order chi connectivity index (χ1) is 6.43. The van der Waals surface area contributed by atoms with E-state index in [1.54, 1.807) is 0 Å². The van der Waals surface area contributed by atoms with Gasteiger partial charge in [-0.2, -0.15) is 0 Å². The second-order valence-corrected chi connectivity index (χ2v) is 3.87. The quantitative estimate of drug-likeness (QED) is 0.590. The van der Waals surface area contributed by atoms with Gasteiger partial charge >= 0.3 is 0 Å². The van der Waals surface area contributed by atoms with E-state index < -0.39 is 0 Å². The number of rotatable bonds is 1. The second-order valence-electron chi connectivity index (χ2n) is 3.87. The van der Waals surface area contributed by atoms with Crippen molar-refractivity contribution in [2.45, 2.75) is 20.8 Å². The molecule has 1 rings (SSSR count). The molecular formula is C12H16. The highest BCUT2D eigenvalue weighted by Gasteiger charge is 2.02. The van der Waals surface area contributed by atoms with Gasteiger partial charge in [0.2, 0.25) is 0 Å². The molecule has 0 radical (unpaired) electrons. The zero-order chi connectivity index (χ0) is 10.8. The van der Waals surface area contributed by atoms with Crippen LogP contribution < -0.4 is 0 Å². The van der Waals surface area contributed by atoms with Crippen molar-refractivity contribution in [1.82, 2.24) is 0 Å². The SMILES string of the molecule is [2H]/C(=C(/[2H])C(C)(C)C)c1ccccc1. The van der Waals surface area contributed by atoms with Crippen LogP contribution in [-0.4, -0.2) is 0 Å². The maximum absolute atomic E-state index is 7.87. The average Bonchev–Trinajstić information content (AvgIpc) is 2.15. The minimum absolute atomic E-state index is 0.257. The minimum atomic E-state index is -0.257. The first-order valence-electron chi connectivity index (χ1n) is 5.16. The Balaban J connectivity index is 3.12. The van der Waals surface area contributed by atoms with Gasteiger partial charge in [0.05, 0.1) is 2.74 Å². The van der Waals surface area contributed by atoms with Gasteiger partial charge in [0.15, 0.2) is 0 Å². The molecule has 0 unspecified atom stereocenters. The molecule has 12 heavy (non-hydrogen) atoms. The van der Waals surface area contributed by atoms with Crippen LogP contribution in [0.2, 0.25) is 0 Å². The molecule has 0 fully saturated rings. The summed E-state index contributed by atoms with van der Waals surface area (Å²) in [5.41, 5.74) is 0.555. The Morgan fingerprint density at radius 3 is 2.25 bits per heavy atom. The Morgan fingerprint density at radius 1 is 1.17 bits per heavy atom. The molecule has 0 bridgehead atoms. The Labute approximate surface area is 77.7 Å². The van der Waals surface area contributed by atoms with Gasteiger partial charge in [0, 0.05) is 0 Å². The molecule has 0 aromatic heterocycles. The molecular weight excluding hydrogens is 144 g/mol. The summed E-state index contributed by atoms with van der Waals surface area (Å²) in [5, 5.41) is 0. The third kappa shape index (κ3) is 3.38. The lowest BCUT2D eigenvalue weighted by Gasteiger charge is -2.10. The summed E-state index contributed by atoms with van der Waals surface area (Å²) < 4.78 is 15.7. The molecule has 0 spiro atoms. The largest absolute Gasteiger partial charge is 0.0785 e. The van der Waals surface area contributed by atoms with Crippen molar-refractivity contribution in [2.24, 2.45) is 5.41 Å². The van der Waals surface area contributed by atoms with Crippen LogP contribution in [-0.2, 0) is 0 Å². The molecule has 0 heteroatoms. The van der Waals surface area contributed by atoms with Gasteiger partial charge in [-0.15, -0.1) is 0 Å². The van der Waals surface area contributed by atoms with E-state index in [-0.39, 0.29) is 5.41 Å². The van der Waals surface area contributed by atoms with Crippen LogP contribution in [0.1, 0.15) is 29.1 Å². The van der Waals surface area contributed by atoms with E-state index in [9.17, 15) is 0 Å². The highest BCUT2D eigenvalue weighted by Crippen LogP contribution is 2.16. The summed E-state index contributed by atoms with van der Waals surface area (Å²) in [4.78, 5) is 0. The van der Waals surface area contributed by atoms with Crippen LogP contribution in [0.15, 0.2) is 36.4 Å². The standard InChI is InChI=1S/C12H16/c1-12(2,3)10-9-11-7-5-4-6-8-11/h4-10H,1-3H3/b10-9+/i9D,10D. The maximum Gasteiger partial charge on any atom is 0.0626 e. The van der Waals surface area contributed by atoms with E-state index in [4.69, 9.17) is 2.74 Å². The lowest BCUT2D eigenvalue weighted by Crippen LogP contribution is -1.97. The van der Waals surface area contributed by atoms with E-state index in [1.165, 1.54) is 0 Å². The Morgan fingerprint density at radius 2 is 1.75 bits per heavy atom. The summed E-state index contributed by atoms with van der Waals surface area (Å²) >= 11 is 0.